The molecule has 0 aromatic rings. The van der Waals surface area contributed by atoms with Gasteiger partial charge in [-0.05, 0) is 66.2 Å². The third kappa shape index (κ3) is 4.83. The minimum Gasteiger partial charge on any atom is -0.444 e. The number of amides is 1. The maximum absolute atomic E-state index is 12.6. The molecule has 1 N–H and O–H groups in total. The number of rotatable bonds is 5. The first-order valence-electron chi connectivity index (χ1n) is 9.01. The van der Waals surface area contributed by atoms with Crippen LogP contribution in [-0.4, -0.2) is 54.5 Å². The summed E-state index contributed by atoms with van der Waals surface area (Å²) in [5.41, 5.74) is -0.398. The van der Waals surface area contributed by atoms with Crippen LogP contribution in [0.1, 0.15) is 66.2 Å². The molecule has 0 radical (unpaired) electrons. The number of nitrogens with one attached hydrogen (secondary N) is 1. The van der Waals surface area contributed by atoms with Crippen molar-refractivity contribution >= 4 is 6.09 Å². The Morgan fingerprint density at radius 2 is 2.09 bits per heavy atom. The van der Waals surface area contributed by atoms with Crippen molar-refractivity contribution in [2.45, 2.75) is 89.4 Å². The lowest BCUT2D eigenvalue weighted by Crippen LogP contribution is -2.64. The number of likely N-dealkylation sites (tertiary alicyclic amines) is 1. The fourth-order valence-corrected chi connectivity index (χ4v) is 3.78. The monoisotopic (exact) mass is 326 g/mol. The second kappa shape index (κ2) is 7.39. The van der Waals surface area contributed by atoms with Gasteiger partial charge in [-0.25, -0.2) is 4.79 Å². The Labute approximate surface area is 141 Å². The predicted octanol–water partition coefficient (Wildman–Crippen LogP) is 3.32. The molecule has 1 amide bonds. The molecule has 0 aromatic heterocycles. The molecule has 134 valence electrons. The summed E-state index contributed by atoms with van der Waals surface area (Å²) < 4.78 is 10.8. The van der Waals surface area contributed by atoms with Gasteiger partial charge in [-0.1, -0.05) is 0 Å². The van der Waals surface area contributed by atoms with Gasteiger partial charge in [0.05, 0.1) is 0 Å². The molecular formula is C18H34N2O3. The molecule has 1 aliphatic heterocycles. The molecule has 2 unspecified atom stereocenters. The SMILES string of the molecule is COCCC(C)NC1CCN(C(=O)OC(C)(C)C)C2(CCC2)C1. The highest BCUT2D eigenvalue weighted by Gasteiger charge is 2.49. The fourth-order valence-electron chi connectivity index (χ4n) is 3.78. The van der Waals surface area contributed by atoms with Crippen LogP contribution in [0.15, 0.2) is 0 Å². The first-order chi connectivity index (χ1) is 10.8. The van der Waals surface area contributed by atoms with Gasteiger partial charge in [0.15, 0.2) is 0 Å². The van der Waals surface area contributed by atoms with E-state index in [9.17, 15) is 4.79 Å². The van der Waals surface area contributed by atoms with Crippen LogP contribution in [0.25, 0.3) is 0 Å². The second-order valence-electron chi connectivity index (χ2n) is 8.25. The highest BCUT2D eigenvalue weighted by molar-refractivity contribution is 5.69. The van der Waals surface area contributed by atoms with Gasteiger partial charge in [0.25, 0.3) is 0 Å². The second-order valence-corrected chi connectivity index (χ2v) is 8.25. The van der Waals surface area contributed by atoms with Crippen LogP contribution in [0.2, 0.25) is 0 Å². The lowest BCUT2D eigenvalue weighted by Gasteiger charge is -2.55. The van der Waals surface area contributed by atoms with Gasteiger partial charge in [-0.15, -0.1) is 0 Å². The van der Waals surface area contributed by atoms with Crippen molar-refractivity contribution in [2.75, 3.05) is 20.3 Å². The molecule has 2 rings (SSSR count). The van der Waals surface area contributed by atoms with Gasteiger partial charge in [0.2, 0.25) is 0 Å². The Kier molecular flexibility index (Phi) is 5.95. The van der Waals surface area contributed by atoms with Crippen LogP contribution in [0, 0.1) is 0 Å². The lowest BCUT2D eigenvalue weighted by atomic mass is 9.69. The van der Waals surface area contributed by atoms with E-state index >= 15 is 0 Å². The molecule has 2 fully saturated rings. The smallest absolute Gasteiger partial charge is 0.410 e. The van der Waals surface area contributed by atoms with Crippen molar-refractivity contribution in [3.63, 3.8) is 0 Å². The molecule has 1 saturated heterocycles. The summed E-state index contributed by atoms with van der Waals surface area (Å²) in [6, 6.07) is 0.936. The van der Waals surface area contributed by atoms with Gasteiger partial charge in [-0.2, -0.15) is 0 Å². The molecule has 0 bridgehead atoms. The van der Waals surface area contributed by atoms with E-state index in [1.54, 1.807) is 7.11 Å². The van der Waals surface area contributed by atoms with Crippen LogP contribution >= 0.6 is 0 Å². The zero-order valence-corrected chi connectivity index (χ0v) is 15.5. The van der Waals surface area contributed by atoms with Gasteiger partial charge in [-0.3, -0.25) is 0 Å². The van der Waals surface area contributed by atoms with Crippen LogP contribution < -0.4 is 5.32 Å². The van der Waals surface area contributed by atoms with E-state index in [2.05, 4.69) is 12.2 Å². The van der Waals surface area contributed by atoms with Gasteiger partial charge >= 0.3 is 6.09 Å². The molecule has 5 nitrogen and oxygen atoms in total. The van der Waals surface area contributed by atoms with Crippen LogP contribution in [0.3, 0.4) is 0 Å². The van der Waals surface area contributed by atoms with E-state index in [1.807, 2.05) is 25.7 Å². The number of piperidine rings is 1. The average molecular weight is 326 g/mol. The summed E-state index contributed by atoms with van der Waals surface area (Å²) >= 11 is 0. The number of ether oxygens (including phenoxy) is 2. The minimum absolute atomic E-state index is 0.0270. The fraction of sp³-hybridized carbons (Fsp3) is 0.944. The van der Waals surface area contributed by atoms with E-state index in [4.69, 9.17) is 9.47 Å². The molecule has 23 heavy (non-hydrogen) atoms. The van der Waals surface area contributed by atoms with Crippen molar-refractivity contribution in [2.24, 2.45) is 0 Å². The molecule has 2 aliphatic rings. The van der Waals surface area contributed by atoms with Crippen LogP contribution in [-0.2, 0) is 9.47 Å². The Balaban J connectivity index is 1.93. The van der Waals surface area contributed by atoms with Crippen LogP contribution in [0.4, 0.5) is 4.79 Å². The standard InChI is InChI=1S/C18H34N2O3/c1-14(8-12-22-5)19-15-7-11-20(16(21)23-17(2,3)4)18(13-15)9-6-10-18/h14-15,19H,6-13H2,1-5H3. The van der Waals surface area contributed by atoms with Gasteiger partial charge in [0, 0.05) is 37.9 Å². The van der Waals surface area contributed by atoms with Crippen molar-refractivity contribution in [1.29, 1.82) is 0 Å². The summed E-state index contributed by atoms with van der Waals surface area (Å²) in [6.07, 6.45) is 6.36. The lowest BCUT2D eigenvalue weighted by molar-refractivity contribution is -0.0501. The minimum atomic E-state index is -0.425. The molecule has 1 spiro atoms. The van der Waals surface area contributed by atoms with Gasteiger partial charge in [0.1, 0.15) is 5.60 Å². The summed E-state index contributed by atoms with van der Waals surface area (Å²) in [7, 11) is 1.75. The topological polar surface area (TPSA) is 50.8 Å². The maximum Gasteiger partial charge on any atom is 0.410 e. The first-order valence-corrected chi connectivity index (χ1v) is 9.01. The molecule has 1 heterocycles. The molecule has 2 atom stereocenters. The Hall–Kier alpha value is -0.810. The predicted molar refractivity (Wildman–Crippen MR) is 91.6 cm³/mol. The Morgan fingerprint density at radius 1 is 1.39 bits per heavy atom. The normalized spacial score (nSPS) is 25.1. The van der Waals surface area contributed by atoms with Crippen LogP contribution in [0.5, 0.6) is 0 Å². The third-order valence-electron chi connectivity index (χ3n) is 5.07. The summed E-state index contributed by atoms with van der Waals surface area (Å²) in [4.78, 5) is 14.6. The zero-order chi connectivity index (χ0) is 17.1. The third-order valence-corrected chi connectivity index (χ3v) is 5.07. The van der Waals surface area contributed by atoms with E-state index in [1.165, 1.54) is 6.42 Å². The maximum atomic E-state index is 12.6. The highest BCUT2D eigenvalue weighted by atomic mass is 16.6. The van der Waals surface area contributed by atoms with E-state index in [0.717, 1.165) is 45.3 Å². The molecular weight excluding hydrogens is 292 g/mol. The number of carbonyl (C=O) groups is 1. The molecule has 5 heteroatoms. The average Bonchev–Trinajstić information content (AvgIpc) is 2.41. The highest BCUT2D eigenvalue weighted by Crippen LogP contribution is 2.45. The Bertz CT molecular complexity index is 402. The summed E-state index contributed by atoms with van der Waals surface area (Å²) in [6.45, 7) is 9.60. The van der Waals surface area contributed by atoms with E-state index in [-0.39, 0.29) is 11.6 Å². The zero-order valence-electron chi connectivity index (χ0n) is 15.5. The first kappa shape index (κ1) is 18.5. The van der Waals surface area contributed by atoms with Crippen molar-refractivity contribution in [1.82, 2.24) is 10.2 Å². The van der Waals surface area contributed by atoms with E-state index < -0.39 is 5.60 Å². The number of hydrogen-bond acceptors (Lipinski definition) is 4. The molecule has 1 saturated carbocycles. The van der Waals surface area contributed by atoms with Gasteiger partial charge < -0.3 is 19.7 Å². The summed E-state index contributed by atoms with van der Waals surface area (Å²) in [5, 5.41) is 3.73. The quantitative estimate of drug-likeness (QED) is 0.842. The van der Waals surface area contributed by atoms with E-state index in [0.29, 0.717) is 12.1 Å². The van der Waals surface area contributed by atoms with Crippen molar-refractivity contribution in [3.8, 4) is 0 Å². The van der Waals surface area contributed by atoms with Crippen molar-refractivity contribution < 1.29 is 14.3 Å². The van der Waals surface area contributed by atoms with Crippen molar-refractivity contribution in [3.05, 3.63) is 0 Å². The summed E-state index contributed by atoms with van der Waals surface area (Å²) in [5.74, 6) is 0. The largest absolute Gasteiger partial charge is 0.444 e. The molecule has 0 aromatic carbocycles. The number of carbonyl (C=O) groups excluding carboxylic acids is 1. The molecule has 1 aliphatic carbocycles. The number of methoxy groups -OCH3 is 1. The number of hydrogen-bond donors (Lipinski definition) is 1. The Morgan fingerprint density at radius 3 is 2.61 bits per heavy atom. The number of nitrogens with zero attached hydrogens (tertiary/aromatic N) is 1.